The molecule has 3 heterocycles. The summed E-state index contributed by atoms with van der Waals surface area (Å²) in [6, 6.07) is 2.86. The van der Waals surface area contributed by atoms with Crippen LogP contribution in [0.25, 0.3) is 0 Å². The summed E-state index contributed by atoms with van der Waals surface area (Å²) < 4.78 is 4.82. The molecule has 0 spiro atoms. The average Bonchev–Trinajstić information content (AvgIpc) is 2.72. The molecule has 0 unspecified atom stereocenters. The molecule has 2 saturated heterocycles. The highest BCUT2D eigenvalue weighted by atomic mass is 16.5. The molecule has 146 valence electrons. The molecule has 0 aliphatic carbocycles. The number of hydrogen-bond donors (Lipinski definition) is 1. The highest BCUT2D eigenvalue weighted by molar-refractivity contribution is 5.97. The van der Waals surface area contributed by atoms with Gasteiger partial charge in [-0.2, -0.15) is 0 Å². The number of ether oxygens (including phenoxy) is 1. The van der Waals surface area contributed by atoms with Crippen LogP contribution in [-0.2, 0) is 9.53 Å². The van der Waals surface area contributed by atoms with Crippen molar-refractivity contribution in [2.24, 2.45) is 5.73 Å². The summed E-state index contributed by atoms with van der Waals surface area (Å²) in [5, 5.41) is 0. The zero-order valence-corrected chi connectivity index (χ0v) is 15.5. The molecule has 0 bridgehead atoms. The number of amides is 3. The summed E-state index contributed by atoms with van der Waals surface area (Å²) in [6.07, 6.45) is 3.61. The van der Waals surface area contributed by atoms with Gasteiger partial charge >= 0.3 is 6.09 Å². The SMILES string of the molecule is COC(=O)N1CCCC[C@H]1C(=O)N1CCN(c2ncccc2C(N)=O)CC1. The summed E-state index contributed by atoms with van der Waals surface area (Å²) in [5.74, 6) is -0.0191. The van der Waals surface area contributed by atoms with Gasteiger partial charge in [-0.15, -0.1) is 0 Å². The maximum Gasteiger partial charge on any atom is 0.410 e. The van der Waals surface area contributed by atoms with Gasteiger partial charge in [0.2, 0.25) is 5.91 Å². The van der Waals surface area contributed by atoms with Gasteiger partial charge in [0.05, 0.1) is 12.7 Å². The monoisotopic (exact) mass is 375 g/mol. The minimum absolute atomic E-state index is 0.0455. The Morgan fingerprint density at radius 3 is 2.56 bits per heavy atom. The van der Waals surface area contributed by atoms with E-state index in [1.165, 1.54) is 12.0 Å². The first-order valence-corrected chi connectivity index (χ1v) is 9.16. The fourth-order valence-electron chi connectivity index (χ4n) is 3.71. The van der Waals surface area contributed by atoms with Crippen molar-refractivity contribution in [3.8, 4) is 0 Å². The van der Waals surface area contributed by atoms with E-state index in [1.54, 1.807) is 23.2 Å². The van der Waals surface area contributed by atoms with E-state index in [0.717, 1.165) is 12.8 Å². The number of rotatable bonds is 3. The molecule has 27 heavy (non-hydrogen) atoms. The van der Waals surface area contributed by atoms with Crippen LogP contribution in [0.1, 0.15) is 29.6 Å². The average molecular weight is 375 g/mol. The van der Waals surface area contributed by atoms with Gasteiger partial charge in [-0.25, -0.2) is 9.78 Å². The van der Waals surface area contributed by atoms with E-state index in [-0.39, 0.29) is 5.91 Å². The zero-order valence-electron chi connectivity index (χ0n) is 15.5. The zero-order chi connectivity index (χ0) is 19.4. The summed E-state index contributed by atoms with van der Waals surface area (Å²) in [4.78, 5) is 46.1. The molecule has 2 N–H and O–H groups in total. The van der Waals surface area contributed by atoms with Crippen LogP contribution in [0.4, 0.5) is 10.6 Å². The Morgan fingerprint density at radius 1 is 1.15 bits per heavy atom. The van der Waals surface area contributed by atoms with Crippen LogP contribution in [-0.4, -0.2) is 78.6 Å². The minimum Gasteiger partial charge on any atom is -0.453 e. The van der Waals surface area contributed by atoms with Crippen molar-refractivity contribution in [2.45, 2.75) is 25.3 Å². The largest absolute Gasteiger partial charge is 0.453 e. The van der Waals surface area contributed by atoms with E-state index in [1.807, 2.05) is 4.90 Å². The number of carbonyl (C=O) groups excluding carboxylic acids is 3. The van der Waals surface area contributed by atoms with Crippen molar-refractivity contribution < 1.29 is 19.1 Å². The lowest BCUT2D eigenvalue weighted by molar-refractivity contribution is -0.137. The van der Waals surface area contributed by atoms with Gasteiger partial charge in [0.15, 0.2) is 0 Å². The summed E-state index contributed by atoms with van der Waals surface area (Å²) in [7, 11) is 1.33. The lowest BCUT2D eigenvalue weighted by Crippen LogP contribution is -2.57. The molecule has 0 radical (unpaired) electrons. The predicted molar refractivity (Wildman–Crippen MR) is 98.3 cm³/mol. The molecule has 3 rings (SSSR count). The number of piperidine rings is 1. The van der Waals surface area contributed by atoms with Crippen LogP contribution in [0, 0.1) is 0 Å². The van der Waals surface area contributed by atoms with Gasteiger partial charge in [-0.3, -0.25) is 14.5 Å². The van der Waals surface area contributed by atoms with E-state index in [4.69, 9.17) is 10.5 Å². The van der Waals surface area contributed by atoms with Crippen LogP contribution >= 0.6 is 0 Å². The number of likely N-dealkylation sites (tertiary alicyclic amines) is 1. The van der Waals surface area contributed by atoms with E-state index < -0.39 is 18.0 Å². The number of pyridine rings is 1. The van der Waals surface area contributed by atoms with Crippen LogP contribution in [0.3, 0.4) is 0 Å². The number of primary amides is 1. The van der Waals surface area contributed by atoms with Gasteiger partial charge in [0.1, 0.15) is 11.9 Å². The van der Waals surface area contributed by atoms with Crippen molar-refractivity contribution in [1.29, 1.82) is 0 Å². The Labute approximate surface area is 158 Å². The summed E-state index contributed by atoms with van der Waals surface area (Å²) in [5.41, 5.74) is 5.81. The third kappa shape index (κ3) is 3.96. The quantitative estimate of drug-likeness (QED) is 0.822. The van der Waals surface area contributed by atoms with E-state index in [2.05, 4.69) is 4.98 Å². The first-order chi connectivity index (χ1) is 13.0. The Bertz CT molecular complexity index is 717. The van der Waals surface area contributed by atoms with Crippen molar-refractivity contribution in [3.63, 3.8) is 0 Å². The van der Waals surface area contributed by atoms with Crippen molar-refractivity contribution >= 4 is 23.7 Å². The Kier molecular flexibility index (Phi) is 5.78. The molecule has 9 nitrogen and oxygen atoms in total. The molecular formula is C18H25N5O4. The number of piperazine rings is 1. The standard InChI is InChI=1S/C18H25N5O4/c1-27-18(26)23-8-3-2-6-14(23)17(25)22-11-9-21(10-12-22)16-13(15(19)24)5-4-7-20-16/h4-5,7,14H,2-3,6,8-12H2,1H3,(H2,19,24)/t14-/m0/s1. The topological polar surface area (TPSA) is 109 Å². The number of carbonyl (C=O) groups is 3. The Hall–Kier alpha value is -2.84. The molecule has 2 aliphatic rings. The second kappa shape index (κ2) is 8.24. The van der Waals surface area contributed by atoms with E-state index in [9.17, 15) is 14.4 Å². The van der Waals surface area contributed by atoms with E-state index in [0.29, 0.717) is 50.5 Å². The molecule has 1 atom stereocenters. The van der Waals surface area contributed by atoms with Crippen molar-refractivity contribution in [3.05, 3.63) is 23.9 Å². The van der Waals surface area contributed by atoms with Gasteiger partial charge in [0, 0.05) is 38.9 Å². The number of anilines is 1. The Morgan fingerprint density at radius 2 is 1.89 bits per heavy atom. The van der Waals surface area contributed by atoms with Crippen LogP contribution < -0.4 is 10.6 Å². The maximum atomic E-state index is 13.0. The second-order valence-electron chi connectivity index (χ2n) is 6.73. The van der Waals surface area contributed by atoms with E-state index >= 15 is 0 Å². The van der Waals surface area contributed by atoms with Gasteiger partial charge < -0.3 is 20.3 Å². The molecule has 3 amide bonds. The predicted octanol–water partition coefficient (Wildman–Crippen LogP) is 0.450. The van der Waals surface area contributed by atoms with Crippen molar-refractivity contribution in [1.82, 2.24) is 14.8 Å². The molecule has 1 aromatic rings. The third-order valence-electron chi connectivity index (χ3n) is 5.14. The summed E-state index contributed by atoms with van der Waals surface area (Å²) in [6.45, 7) is 2.64. The van der Waals surface area contributed by atoms with Crippen LogP contribution in [0.15, 0.2) is 18.3 Å². The molecule has 2 fully saturated rings. The van der Waals surface area contributed by atoms with Crippen LogP contribution in [0.2, 0.25) is 0 Å². The molecule has 1 aromatic heterocycles. The highest BCUT2D eigenvalue weighted by Crippen LogP contribution is 2.22. The van der Waals surface area contributed by atoms with Gasteiger partial charge in [-0.1, -0.05) is 0 Å². The van der Waals surface area contributed by atoms with Crippen molar-refractivity contribution in [2.75, 3.05) is 44.7 Å². The lowest BCUT2D eigenvalue weighted by Gasteiger charge is -2.40. The van der Waals surface area contributed by atoms with Gasteiger partial charge in [-0.05, 0) is 31.4 Å². The Balaban J connectivity index is 1.66. The molecular weight excluding hydrogens is 350 g/mol. The third-order valence-corrected chi connectivity index (χ3v) is 5.14. The minimum atomic E-state index is -0.521. The molecule has 2 aliphatic heterocycles. The number of methoxy groups -OCH3 is 1. The summed E-state index contributed by atoms with van der Waals surface area (Å²) >= 11 is 0. The molecule has 0 saturated carbocycles. The smallest absolute Gasteiger partial charge is 0.410 e. The highest BCUT2D eigenvalue weighted by Gasteiger charge is 2.36. The van der Waals surface area contributed by atoms with Gasteiger partial charge in [0.25, 0.3) is 5.91 Å². The normalized spacial score (nSPS) is 20.3. The second-order valence-corrected chi connectivity index (χ2v) is 6.73. The first kappa shape index (κ1) is 18.9. The maximum absolute atomic E-state index is 13.0. The number of aromatic nitrogens is 1. The fraction of sp³-hybridized carbons (Fsp3) is 0.556. The fourth-order valence-corrected chi connectivity index (χ4v) is 3.71. The lowest BCUT2D eigenvalue weighted by atomic mass is 10.0. The van der Waals surface area contributed by atoms with Crippen LogP contribution in [0.5, 0.6) is 0 Å². The molecule has 0 aromatic carbocycles. The number of nitrogens with zero attached hydrogens (tertiary/aromatic N) is 4. The number of hydrogen-bond acceptors (Lipinski definition) is 6. The molecule has 9 heteroatoms. The first-order valence-electron chi connectivity index (χ1n) is 9.16. The number of nitrogens with two attached hydrogens (primary N) is 1.